The van der Waals surface area contributed by atoms with E-state index in [1.54, 1.807) is 0 Å². The molecule has 0 saturated heterocycles. The van der Waals surface area contributed by atoms with Crippen LogP contribution >= 0.6 is 0 Å². The van der Waals surface area contributed by atoms with Crippen LogP contribution in [0.3, 0.4) is 0 Å². The fourth-order valence-electron chi connectivity index (χ4n) is 7.27. The molecule has 5 nitrogen and oxygen atoms in total. The number of aromatic nitrogens is 3. The first-order valence-electron chi connectivity index (χ1n) is 16.9. The topological polar surface area (TPSA) is 43.2 Å². The van der Waals surface area contributed by atoms with E-state index in [4.69, 9.17) is 21.1 Å². The van der Waals surface area contributed by atoms with Gasteiger partial charge >= 0.3 is 0 Å². The molecule has 238 valence electrons. The van der Waals surface area contributed by atoms with Crippen molar-refractivity contribution in [2.45, 2.75) is 19.8 Å². The Morgan fingerprint density at radius 1 is 0.760 bits per heavy atom. The SMILES string of the molecule is C#C/C=c1\c(=C/C)c2ccc(N3C4=C(C=CCC4)Oc4ccccc43)cc2n1-c1ccc2nc(-c3ccccc3)c(-c3ccccc3)nc2c1. The van der Waals surface area contributed by atoms with E-state index >= 15 is 0 Å². The smallest absolute Gasteiger partial charge is 0.151 e. The monoisotopic (exact) mass is 644 g/mol. The van der Waals surface area contributed by atoms with Crippen LogP contribution in [0.4, 0.5) is 11.4 Å². The van der Waals surface area contributed by atoms with Crippen molar-refractivity contribution in [2.75, 3.05) is 4.90 Å². The van der Waals surface area contributed by atoms with Gasteiger partial charge < -0.3 is 14.2 Å². The van der Waals surface area contributed by atoms with Crippen LogP contribution in [0.15, 0.2) is 145 Å². The van der Waals surface area contributed by atoms with E-state index in [0.29, 0.717) is 0 Å². The van der Waals surface area contributed by atoms with Crippen LogP contribution in [-0.4, -0.2) is 14.5 Å². The summed E-state index contributed by atoms with van der Waals surface area (Å²) in [7, 11) is 0. The number of nitrogens with zero attached hydrogens (tertiary/aromatic N) is 4. The highest BCUT2D eigenvalue weighted by molar-refractivity contribution is 5.92. The largest absolute Gasteiger partial charge is 0.453 e. The number of ether oxygens (including phenoxy) is 1. The van der Waals surface area contributed by atoms with Gasteiger partial charge in [-0.3, -0.25) is 0 Å². The van der Waals surface area contributed by atoms with Gasteiger partial charge in [-0.1, -0.05) is 96.9 Å². The lowest BCUT2D eigenvalue weighted by molar-refractivity contribution is 0.421. The minimum Gasteiger partial charge on any atom is -0.453 e. The molecular weight excluding hydrogens is 613 g/mol. The molecule has 7 aromatic rings. The lowest BCUT2D eigenvalue weighted by Gasteiger charge is -2.35. The molecule has 0 saturated carbocycles. The van der Waals surface area contributed by atoms with Gasteiger partial charge in [-0.25, -0.2) is 9.97 Å². The van der Waals surface area contributed by atoms with Crippen molar-refractivity contribution >= 4 is 45.5 Å². The van der Waals surface area contributed by atoms with Crippen LogP contribution < -0.4 is 20.2 Å². The molecule has 0 radical (unpaired) electrons. The number of benzene rings is 5. The average molecular weight is 645 g/mol. The third kappa shape index (κ3) is 4.81. The fraction of sp³-hybridized carbons (Fsp3) is 0.0667. The van der Waals surface area contributed by atoms with Gasteiger partial charge in [0.05, 0.1) is 44.7 Å². The molecule has 5 aromatic carbocycles. The zero-order valence-electron chi connectivity index (χ0n) is 27.5. The second kappa shape index (κ2) is 12.1. The van der Waals surface area contributed by atoms with Gasteiger partial charge in [-0.15, -0.1) is 6.42 Å². The Bertz CT molecular complexity index is 2700. The standard InChI is InChI=1S/C45H32N4O/c1-3-15-38-34(4-2)35-26-24-33(49-39-20-11-13-22-42(39)50-43-23-14-12-21-40(43)49)29-41(35)48(38)32-25-27-36-37(28-32)47-45(31-18-9-6-10-19-31)44(46-36)30-16-7-5-8-17-30/h1,4-11,13-20,22-29H,12,21H2,2H3/b34-4-,38-15+. The first-order valence-corrected chi connectivity index (χ1v) is 16.9. The van der Waals surface area contributed by atoms with Crippen LogP contribution in [0, 0.1) is 12.3 Å². The van der Waals surface area contributed by atoms with Gasteiger partial charge in [0.2, 0.25) is 0 Å². The Kier molecular flexibility index (Phi) is 7.14. The summed E-state index contributed by atoms with van der Waals surface area (Å²) in [5, 5.41) is 3.15. The summed E-state index contributed by atoms with van der Waals surface area (Å²) < 4.78 is 8.62. The minimum absolute atomic E-state index is 0.804. The fourth-order valence-corrected chi connectivity index (χ4v) is 7.27. The Balaban J connectivity index is 1.28. The van der Waals surface area contributed by atoms with Crippen LogP contribution in [0.1, 0.15) is 19.8 Å². The van der Waals surface area contributed by atoms with Gasteiger partial charge in [-0.2, -0.15) is 0 Å². The summed E-state index contributed by atoms with van der Waals surface area (Å²) in [6, 6.07) is 41.7. The predicted molar refractivity (Wildman–Crippen MR) is 205 cm³/mol. The molecule has 50 heavy (non-hydrogen) atoms. The molecule has 0 bridgehead atoms. The van der Waals surface area contributed by atoms with Gasteiger partial charge in [0, 0.05) is 39.2 Å². The van der Waals surface area contributed by atoms with Gasteiger partial charge in [0.25, 0.3) is 0 Å². The number of hydrogen-bond donors (Lipinski definition) is 0. The number of terminal acetylenes is 1. The zero-order valence-corrected chi connectivity index (χ0v) is 27.5. The first-order chi connectivity index (χ1) is 24.7. The van der Waals surface area contributed by atoms with E-state index < -0.39 is 0 Å². The molecule has 0 N–H and O–H groups in total. The van der Waals surface area contributed by atoms with Gasteiger partial charge in [-0.05, 0) is 68.3 Å². The summed E-state index contributed by atoms with van der Waals surface area (Å²) in [6.07, 6.45) is 16.1. The molecule has 2 aliphatic rings. The quantitative estimate of drug-likeness (QED) is 0.179. The zero-order chi connectivity index (χ0) is 33.6. The molecule has 1 aliphatic carbocycles. The normalized spacial score (nSPS) is 14.5. The molecule has 0 amide bonds. The highest BCUT2D eigenvalue weighted by Gasteiger charge is 2.28. The molecule has 0 atom stereocenters. The van der Waals surface area contributed by atoms with E-state index in [1.165, 1.54) is 0 Å². The van der Waals surface area contributed by atoms with E-state index in [9.17, 15) is 0 Å². The molecule has 0 spiro atoms. The molecule has 3 heterocycles. The Morgan fingerprint density at radius 2 is 1.46 bits per heavy atom. The highest BCUT2D eigenvalue weighted by Crippen LogP contribution is 2.45. The summed E-state index contributed by atoms with van der Waals surface area (Å²) >= 11 is 0. The minimum atomic E-state index is 0.804. The molecule has 1 aliphatic heterocycles. The highest BCUT2D eigenvalue weighted by atomic mass is 16.5. The van der Waals surface area contributed by atoms with Gasteiger partial charge in [0.15, 0.2) is 5.75 Å². The second-order valence-corrected chi connectivity index (χ2v) is 12.4. The van der Waals surface area contributed by atoms with Crippen molar-refractivity contribution in [1.29, 1.82) is 0 Å². The van der Waals surface area contributed by atoms with Crippen molar-refractivity contribution in [2.24, 2.45) is 0 Å². The Morgan fingerprint density at radius 3 is 2.20 bits per heavy atom. The van der Waals surface area contributed by atoms with E-state index in [1.807, 2.05) is 54.6 Å². The molecule has 0 unspecified atom stereocenters. The Hall–Kier alpha value is -6.64. The number of anilines is 2. The number of fused-ring (bicyclic) bond motifs is 3. The molecule has 0 fully saturated rings. The van der Waals surface area contributed by atoms with Crippen LogP contribution in [0.5, 0.6) is 5.75 Å². The van der Waals surface area contributed by atoms with Crippen molar-refractivity contribution in [3.8, 4) is 46.3 Å². The van der Waals surface area contributed by atoms with Crippen LogP contribution in [0.2, 0.25) is 0 Å². The lowest BCUT2D eigenvalue weighted by Crippen LogP contribution is -2.28. The number of hydrogen-bond acceptors (Lipinski definition) is 4. The van der Waals surface area contributed by atoms with Crippen LogP contribution in [-0.2, 0) is 0 Å². The molecule has 9 rings (SSSR count). The van der Waals surface area contributed by atoms with E-state index in [2.05, 4.69) is 113 Å². The molecule has 5 heteroatoms. The number of para-hydroxylation sites is 2. The van der Waals surface area contributed by atoms with Crippen molar-refractivity contribution in [1.82, 2.24) is 14.5 Å². The lowest BCUT2D eigenvalue weighted by atomic mass is 10.0. The number of allylic oxidation sites excluding steroid dienone is 3. The van der Waals surface area contributed by atoms with Crippen LogP contribution in [0.25, 0.3) is 62.3 Å². The van der Waals surface area contributed by atoms with Crippen molar-refractivity contribution in [3.05, 3.63) is 156 Å². The third-order valence-electron chi connectivity index (χ3n) is 9.49. The van der Waals surface area contributed by atoms with Gasteiger partial charge in [0.1, 0.15) is 5.76 Å². The average Bonchev–Trinajstić information content (AvgIpc) is 3.49. The predicted octanol–water partition coefficient (Wildman–Crippen LogP) is 9.21. The summed E-state index contributed by atoms with van der Waals surface area (Å²) in [5.74, 6) is 4.55. The third-order valence-corrected chi connectivity index (χ3v) is 9.49. The second-order valence-electron chi connectivity index (χ2n) is 12.4. The maximum Gasteiger partial charge on any atom is 0.151 e. The Labute approximate surface area is 290 Å². The summed E-state index contributed by atoms with van der Waals surface area (Å²) in [4.78, 5) is 12.8. The summed E-state index contributed by atoms with van der Waals surface area (Å²) in [6.45, 7) is 2.06. The molecular formula is C45H32N4O. The van der Waals surface area contributed by atoms with Crippen molar-refractivity contribution < 1.29 is 4.74 Å². The first kappa shape index (κ1) is 29.5. The maximum atomic E-state index is 6.36. The molecule has 2 aromatic heterocycles. The van der Waals surface area contributed by atoms with E-state index in [0.717, 1.165) is 102 Å². The van der Waals surface area contributed by atoms with Crippen molar-refractivity contribution in [3.63, 3.8) is 0 Å². The maximum absolute atomic E-state index is 6.36. The summed E-state index contributed by atoms with van der Waals surface area (Å²) in [5.41, 5.74) is 10.6. The number of rotatable bonds is 4. The van der Waals surface area contributed by atoms with E-state index in [-0.39, 0.29) is 0 Å².